The first-order valence-electron chi connectivity index (χ1n) is 6.56. The van der Waals surface area contributed by atoms with Crippen molar-refractivity contribution in [1.82, 2.24) is 9.78 Å². The normalized spacial score (nSPS) is 10.8. The molecule has 0 atom stereocenters. The Labute approximate surface area is 123 Å². The number of nitrogens with zero attached hydrogens (tertiary/aromatic N) is 2. The van der Waals surface area contributed by atoms with Gasteiger partial charge in [0, 0.05) is 0 Å². The van der Waals surface area contributed by atoms with E-state index in [9.17, 15) is 4.79 Å². The molecule has 0 saturated carbocycles. The van der Waals surface area contributed by atoms with Gasteiger partial charge in [-0.1, -0.05) is 37.6 Å². The van der Waals surface area contributed by atoms with Crippen molar-refractivity contribution in [1.29, 1.82) is 0 Å². The van der Waals surface area contributed by atoms with Gasteiger partial charge in [-0.15, -0.1) is 0 Å². The number of para-hydroxylation sites is 1. The molecule has 0 aliphatic heterocycles. The van der Waals surface area contributed by atoms with Crippen LogP contribution in [0, 0.1) is 0 Å². The van der Waals surface area contributed by atoms with Crippen LogP contribution in [0.5, 0.6) is 0 Å². The molecule has 0 saturated heterocycles. The first-order valence-corrected chi connectivity index (χ1v) is 6.94. The molecule has 1 aromatic carbocycles. The SMILES string of the molecule is CCOC(=O)c1cnn(-c2ccccc2Cl)c1C(C)C. The lowest BCUT2D eigenvalue weighted by Gasteiger charge is -2.13. The van der Waals surface area contributed by atoms with Crippen molar-refractivity contribution in [3.8, 4) is 5.69 Å². The van der Waals surface area contributed by atoms with Gasteiger partial charge < -0.3 is 4.74 Å². The van der Waals surface area contributed by atoms with Crippen molar-refractivity contribution >= 4 is 17.6 Å². The number of rotatable bonds is 4. The molecule has 20 heavy (non-hydrogen) atoms. The summed E-state index contributed by atoms with van der Waals surface area (Å²) >= 11 is 6.21. The van der Waals surface area contributed by atoms with E-state index in [0.717, 1.165) is 11.4 Å². The molecular weight excluding hydrogens is 276 g/mol. The topological polar surface area (TPSA) is 44.1 Å². The molecule has 1 aromatic heterocycles. The molecule has 5 heteroatoms. The quantitative estimate of drug-likeness (QED) is 0.805. The molecule has 4 nitrogen and oxygen atoms in total. The van der Waals surface area contributed by atoms with Crippen molar-refractivity contribution in [2.75, 3.05) is 6.61 Å². The smallest absolute Gasteiger partial charge is 0.341 e. The molecular formula is C15H17ClN2O2. The first kappa shape index (κ1) is 14.6. The number of halogens is 1. The third-order valence-corrected chi connectivity index (χ3v) is 3.25. The maximum absolute atomic E-state index is 12.0. The number of aromatic nitrogens is 2. The molecule has 1 heterocycles. The molecule has 0 bridgehead atoms. The Morgan fingerprint density at radius 3 is 2.70 bits per heavy atom. The van der Waals surface area contributed by atoms with Gasteiger partial charge in [-0.3, -0.25) is 0 Å². The fourth-order valence-corrected chi connectivity index (χ4v) is 2.31. The summed E-state index contributed by atoms with van der Waals surface area (Å²) in [6.45, 7) is 6.14. The van der Waals surface area contributed by atoms with E-state index < -0.39 is 0 Å². The van der Waals surface area contributed by atoms with Crippen molar-refractivity contribution < 1.29 is 9.53 Å². The molecule has 0 aliphatic carbocycles. The zero-order chi connectivity index (χ0) is 14.7. The second-order valence-electron chi connectivity index (χ2n) is 4.68. The lowest BCUT2D eigenvalue weighted by atomic mass is 10.1. The van der Waals surface area contributed by atoms with Crippen molar-refractivity contribution in [3.05, 3.63) is 46.7 Å². The van der Waals surface area contributed by atoms with E-state index in [-0.39, 0.29) is 11.9 Å². The van der Waals surface area contributed by atoms with Crippen LogP contribution in [0.2, 0.25) is 5.02 Å². The van der Waals surface area contributed by atoms with Gasteiger partial charge >= 0.3 is 5.97 Å². The molecule has 106 valence electrons. The van der Waals surface area contributed by atoms with Gasteiger partial charge in [0.15, 0.2) is 0 Å². The predicted octanol–water partition coefficient (Wildman–Crippen LogP) is 3.83. The number of hydrogen-bond acceptors (Lipinski definition) is 3. The second kappa shape index (κ2) is 6.09. The van der Waals surface area contributed by atoms with Crippen molar-refractivity contribution in [2.45, 2.75) is 26.7 Å². The van der Waals surface area contributed by atoms with Crippen molar-refractivity contribution in [2.24, 2.45) is 0 Å². The highest BCUT2D eigenvalue weighted by atomic mass is 35.5. The molecule has 0 aliphatic rings. The van der Waals surface area contributed by atoms with E-state index in [1.165, 1.54) is 6.20 Å². The lowest BCUT2D eigenvalue weighted by Crippen LogP contribution is -2.11. The molecule has 0 unspecified atom stereocenters. The number of benzene rings is 1. The minimum atomic E-state index is -0.352. The number of carbonyl (C=O) groups excluding carboxylic acids is 1. The van der Waals surface area contributed by atoms with Gasteiger partial charge in [-0.05, 0) is 25.0 Å². The largest absolute Gasteiger partial charge is 0.462 e. The fourth-order valence-electron chi connectivity index (χ4n) is 2.10. The van der Waals surface area contributed by atoms with Gasteiger partial charge in [0.1, 0.15) is 5.56 Å². The molecule has 0 spiro atoms. The van der Waals surface area contributed by atoms with E-state index in [1.807, 2.05) is 32.0 Å². The van der Waals surface area contributed by atoms with Crippen LogP contribution in [0.3, 0.4) is 0 Å². The summed E-state index contributed by atoms with van der Waals surface area (Å²) in [6, 6.07) is 7.41. The third-order valence-electron chi connectivity index (χ3n) is 2.93. The number of ether oxygens (including phenoxy) is 1. The Hall–Kier alpha value is -1.81. The Morgan fingerprint density at radius 2 is 2.10 bits per heavy atom. The van der Waals surface area contributed by atoms with Crippen LogP contribution in [-0.4, -0.2) is 22.4 Å². The van der Waals surface area contributed by atoms with Crippen molar-refractivity contribution in [3.63, 3.8) is 0 Å². The van der Waals surface area contributed by atoms with Gasteiger partial charge in [0.2, 0.25) is 0 Å². The molecule has 0 fully saturated rings. The minimum absolute atomic E-state index is 0.119. The highest BCUT2D eigenvalue weighted by Gasteiger charge is 2.22. The van der Waals surface area contributed by atoms with E-state index in [4.69, 9.17) is 16.3 Å². The van der Waals surface area contributed by atoms with E-state index in [0.29, 0.717) is 17.2 Å². The van der Waals surface area contributed by atoms with Crippen LogP contribution >= 0.6 is 11.6 Å². The van der Waals surface area contributed by atoms with Gasteiger partial charge in [0.05, 0.1) is 29.2 Å². The van der Waals surface area contributed by atoms with Crippen LogP contribution in [0.15, 0.2) is 30.5 Å². The maximum atomic E-state index is 12.0. The highest BCUT2D eigenvalue weighted by molar-refractivity contribution is 6.32. The summed E-state index contributed by atoms with van der Waals surface area (Å²) in [5, 5.41) is 4.89. The lowest BCUT2D eigenvalue weighted by molar-refractivity contribution is 0.0524. The molecule has 0 amide bonds. The Morgan fingerprint density at radius 1 is 1.40 bits per heavy atom. The number of carbonyl (C=O) groups is 1. The van der Waals surface area contributed by atoms with E-state index in [1.54, 1.807) is 17.7 Å². The van der Waals surface area contributed by atoms with Gasteiger partial charge in [0.25, 0.3) is 0 Å². The third kappa shape index (κ3) is 2.70. The Bertz CT molecular complexity index is 620. The number of hydrogen-bond donors (Lipinski definition) is 0. The summed E-state index contributed by atoms with van der Waals surface area (Å²) in [6.07, 6.45) is 1.54. The second-order valence-corrected chi connectivity index (χ2v) is 5.09. The Balaban J connectivity index is 2.56. The fraction of sp³-hybridized carbons (Fsp3) is 0.333. The summed E-state index contributed by atoms with van der Waals surface area (Å²) in [7, 11) is 0. The van der Waals surface area contributed by atoms with Crippen LogP contribution in [0.25, 0.3) is 5.69 Å². The summed E-state index contributed by atoms with van der Waals surface area (Å²) in [5.41, 5.74) is 2.05. The van der Waals surface area contributed by atoms with Crippen LogP contribution < -0.4 is 0 Å². The standard InChI is InChI=1S/C15H17ClN2O2/c1-4-20-15(19)11-9-17-18(14(11)10(2)3)13-8-6-5-7-12(13)16/h5-10H,4H2,1-3H3. The first-order chi connectivity index (χ1) is 9.56. The average molecular weight is 293 g/mol. The summed E-state index contributed by atoms with van der Waals surface area (Å²) < 4.78 is 6.78. The maximum Gasteiger partial charge on any atom is 0.341 e. The van der Waals surface area contributed by atoms with E-state index >= 15 is 0 Å². The highest BCUT2D eigenvalue weighted by Crippen LogP contribution is 2.27. The minimum Gasteiger partial charge on any atom is -0.462 e. The Kier molecular flexibility index (Phi) is 4.45. The zero-order valence-corrected chi connectivity index (χ0v) is 12.5. The zero-order valence-electron chi connectivity index (χ0n) is 11.8. The molecule has 0 N–H and O–H groups in total. The van der Waals surface area contributed by atoms with Crippen LogP contribution in [0.1, 0.15) is 42.7 Å². The summed E-state index contributed by atoms with van der Waals surface area (Å²) in [5.74, 6) is -0.234. The van der Waals surface area contributed by atoms with Crippen LogP contribution in [-0.2, 0) is 4.74 Å². The summed E-state index contributed by atoms with van der Waals surface area (Å²) in [4.78, 5) is 12.0. The molecule has 0 radical (unpaired) electrons. The number of esters is 1. The van der Waals surface area contributed by atoms with Gasteiger partial charge in [-0.25, -0.2) is 9.48 Å². The average Bonchev–Trinajstić information content (AvgIpc) is 2.84. The van der Waals surface area contributed by atoms with E-state index in [2.05, 4.69) is 5.10 Å². The molecule has 2 aromatic rings. The predicted molar refractivity (Wildman–Crippen MR) is 78.6 cm³/mol. The van der Waals surface area contributed by atoms with Crippen LogP contribution in [0.4, 0.5) is 0 Å². The van der Waals surface area contributed by atoms with Gasteiger partial charge in [-0.2, -0.15) is 5.10 Å². The monoisotopic (exact) mass is 292 g/mol. The molecule has 2 rings (SSSR count).